The highest BCUT2D eigenvalue weighted by atomic mass is 32.2. The summed E-state index contributed by atoms with van der Waals surface area (Å²) in [6.45, 7) is 7.12. The van der Waals surface area contributed by atoms with Crippen molar-refractivity contribution in [3.63, 3.8) is 0 Å². The van der Waals surface area contributed by atoms with Crippen molar-refractivity contribution >= 4 is 11.8 Å². The fraction of sp³-hybridized carbons (Fsp3) is 0.812. The molecule has 5 heteroatoms. The van der Waals surface area contributed by atoms with Gasteiger partial charge in [0.15, 0.2) is 0 Å². The van der Waals surface area contributed by atoms with Crippen molar-refractivity contribution < 1.29 is 9.26 Å². The second-order valence-corrected chi connectivity index (χ2v) is 7.68. The Morgan fingerprint density at radius 1 is 1.33 bits per heavy atom. The molecule has 21 heavy (non-hydrogen) atoms. The molecule has 0 saturated carbocycles. The van der Waals surface area contributed by atoms with Crippen LogP contribution in [0.2, 0.25) is 0 Å². The van der Waals surface area contributed by atoms with Gasteiger partial charge in [-0.2, -0.15) is 11.8 Å². The standard InChI is InChI=1S/C16H26N2O2S/c1-11(15-12(2)18-20-13(15)3)17-14-4-7-19-16(10-14)5-8-21-9-6-16/h11,14,17H,4-10H2,1-3H3. The Kier molecular flexibility index (Phi) is 4.62. The minimum absolute atomic E-state index is 0.139. The van der Waals surface area contributed by atoms with Gasteiger partial charge in [0.05, 0.1) is 11.3 Å². The number of nitrogens with one attached hydrogen (secondary N) is 1. The van der Waals surface area contributed by atoms with E-state index in [9.17, 15) is 0 Å². The molecule has 1 spiro atoms. The maximum atomic E-state index is 6.17. The molecule has 2 saturated heterocycles. The molecule has 118 valence electrons. The van der Waals surface area contributed by atoms with Crippen LogP contribution in [-0.4, -0.2) is 34.9 Å². The number of hydrogen-bond donors (Lipinski definition) is 1. The molecule has 2 aliphatic heterocycles. The van der Waals surface area contributed by atoms with Crippen LogP contribution in [-0.2, 0) is 4.74 Å². The van der Waals surface area contributed by atoms with Gasteiger partial charge in [0.1, 0.15) is 5.76 Å². The van der Waals surface area contributed by atoms with E-state index < -0.39 is 0 Å². The summed E-state index contributed by atoms with van der Waals surface area (Å²) in [7, 11) is 0. The van der Waals surface area contributed by atoms with E-state index in [2.05, 4.69) is 29.2 Å². The molecular weight excluding hydrogens is 284 g/mol. The first kappa shape index (κ1) is 15.4. The number of nitrogens with zero attached hydrogens (tertiary/aromatic N) is 1. The number of hydrogen-bond acceptors (Lipinski definition) is 5. The Morgan fingerprint density at radius 3 is 2.76 bits per heavy atom. The van der Waals surface area contributed by atoms with Crippen molar-refractivity contribution in [3.05, 3.63) is 17.0 Å². The predicted octanol–water partition coefficient (Wildman–Crippen LogP) is 3.39. The maximum absolute atomic E-state index is 6.17. The lowest BCUT2D eigenvalue weighted by Gasteiger charge is -2.44. The summed E-state index contributed by atoms with van der Waals surface area (Å²) in [4.78, 5) is 0. The van der Waals surface area contributed by atoms with Crippen molar-refractivity contribution in [2.75, 3.05) is 18.1 Å². The smallest absolute Gasteiger partial charge is 0.138 e. The van der Waals surface area contributed by atoms with Gasteiger partial charge in [0.25, 0.3) is 0 Å². The highest BCUT2D eigenvalue weighted by Crippen LogP contribution is 2.38. The van der Waals surface area contributed by atoms with Crippen molar-refractivity contribution in [3.8, 4) is 0 Å². The van der Waals surface area contributed by atoms with E-state index in [1.54, 1.807) is 0 Å². The molecule has 2 unspecified atom stereocenters. The fourth-order valence-corrected chi connectivity index (χ4v) is 5.04. The molecule has 2 aliphatic rings. The molecule has 1 aromatic rings. The van der Waals surface area contributed by atoms with Gasteiger partial charge in [-0.3, -0.25) is 0 Å². The third kappa shape index (κ3) is 3.30. The Hall–Kier alpha value is -0.520. The molecule has 0 radical (unpaired) electrons. The van der Waals surface area contributed by atoms with Crippen LogP contribution in [0.15, 0.2) is 4.52 Å². The van der Waals surface area contributed by atoms with Crippen LogP contribution in [0.4, 0.5) is 0 Å². The minimum atomic E-state index is 0.139. The average Bonchev–Trinajstić information content (AvgIpc) is 2.79. The second-order valence-electron chi connectivity index (χ2n) is 6.46. The van der Waals surface area contributed by atoms with Crippen LogP contribution in [0.1, 0.15) is 55.7 Å². The van der Waals surface area contributed by atoms with Gasteiger partial charge >= 0.3 is 0 Å². The van der Waals surface area contributed by atoms with E-state index in [4.69, 9.17) is 9.26 Å². The number of thioether (sulfide) groups is 1. The molecule has 3 heterocycles. The molecule has 0 amide bonds. The first-order valence-corrected chi connectivity index (χ1v) is 9.16. The summed E-state index contributed by atoms with van der Waals surface area (Å²) in [6.07, 6.45) is 4.65. The normalized spacial score (nSPS) is 26.9. The van der Waals surface area contributed by atoms with Crippen molar-refractivity contribution in [2.24, 2.45) is 0 Å². The van der Waals surface area contributed by atoms with Gasteiger partial charge in [-0.1, -0.05) is 5.16 Å². The number of aromatic nitrogens is 1. The van der Waals surface area contributed by atoms with Crippen molar-refractivity contribution in [2.45, 2.75) is 64.1 Å². The fourth-order valence-electron chi connectivity index (χ4n) is 3.81. The van der Waals surface area contributed by atoms with Crippen LogP contribution >= 0.6 is 11.8 Å². The van der Waals surface area contributed by atoms with E-state index in [0.717, 1.165) is 30.9 Å². The van der Waals surface area contributed by atoms with Gasteiger partial charge in [0, 0.05) is 24.3 Å². The highest BCUT2D eigenvalue weighted by Gasteiger charge is 2.39. The predicted molar refractivity (Wildman–Crippen MR) is 85.8 cm³/mol. The van der Waals surface area contributed by atoms with Crippen molar-refractivity contribution in [1.82, 2.24) is 10.5 Å². The summed E-state index contributed by atoms with van der Waals surface area (Å²) in [5.41, 5.74) is 2.36. The van der Waals surface area contributed by atoms with Crippen molar-refractivity contribution in [1.29, 1.82) is 0 Å². The lowest BCUT2D eigenvalue weighted by atomic mass is 9.85. The van der Waals surface area contributed by atoms with E-state index in [0.29, 0.717) is 6.04 Å². The van der Waals surface area contributed by atoms with Crippen LogP contribution in [0, 0.1) is 13.8 Å². The number of rotatable bonds is 3. The summed E-state index contributed by atoms with van der Waals surface area (Å²) in [6, 6.07) is 0.819. The molecule has 1 aromatic heterocycles. The zero-order valence-electron chi connectivity index (χ0n) is 13.3. The lowest BCUT2D eigenvalue weighted by molar-refractivity contribution is -0.0941. The average molecular weight is 310 g/mol. The topological polar surface area (TPSA) is 47.3 Å². The molecule has 2 atom stereocenters. The molecule has 3 rings (SSSR count). The monoisotopic (exact) mass is 310 g/mol. The quantitative estimate of drug-likeness (QED) is 0.927. The van der Waals surface area contributed by atoms with E-state index in [-0.39, 0.29) is 11.6 Å². The van der Waals surface area contributed by atoms with Gasteiger partial charge < -0.3 is 14.6 Å². The first-order chi connectivity index (χ1) is 10.1. The van der Waals surface area contributed by atoms with Crippen LogP contribution < -0.4 is 5.32 Å². The SMILES string of the molecule is Cc1noc(C)c1C(C)NC1CCOC2(CCSCC2)C1. The summed E-state index contributed by atoms with van der Waals surface area (Å²) >= 11 is 2.06. The maximum Gasteiger partial charge on any atom is 0.138 e. The zero-order valence-corrected chi connectivity index (χ0v) is 14.1. The molecule has 1 N–H and O–H groups in total. The summed E-state index contributed by atoms with van der Waals surface area (Å²) in [5, 5.41) is 7.86. The molecule has 0 aromatic carbocycles. The minimum Gasteiger partial charge on any atom is -0.375 e. The third-order valence-electron chi connectivity index (χ3n) is 4.90. The van der Waals surface area contributed by atoms with Crippen LogP contribution in [0.5, 0.6) is 0 Å². The molecule has 4 nitrogen and oxygen atoms in total. The Bertz CT molecular complexity index is 458. The molecule has 2 fully saturated rings. The first-order valence-electron chi connectivity index (χ1n) is 8.00. The molecular formula is C16H26N2O2S. The van der Waals surface area contributed by atoms with Crippen LogP contribution in [0.25, 0.3) is 0 Å². The third-order valence-corrected chi connectivity index (χ3v) is 5.89. The Morgan fingerprint density at radius 2 is 2.10 bits per heavy atom. The van der Waals surface area contributed by atoms with Gasteiger partial charge in [-0.15, -0.1) is 0 Å². The lowest BCUT2D eigenvalue weighted by Crippen LogP contribution is -2.49. The highest BCUT2D eigenvalue weighted by molar-refractivity contribution is 7.99. The molecule has 0 aliphatic carbocycles. The Balaban J connectivity index is 1.64. The molecule has 0 bridgehead atoms. The van der Waals surface area contributed by atoms with E-state index in [1.807, 2.05) is 13.8 Å². The van der Waals surface area contributed by atoms with Gasteiger partial charge in [-0.05, 0) is 58.0 Å². The summed E-state index contributed by atoms with van der Waals surface area (Å²) < 4.78 is 11.5. The largest absolute Gasteiger partial charge is 0.375 e. The number of ether oxygens (including phenoxy) is 1. The van der Waals surface area contributed by atoms with E-state index >= 15 is 0 Å². The zero-order chi connectivity index (χ0) is 14.9. The summed E-state index contributed by atoms with van der Waals surface area (Å²) in [5.74, 6) is 3.42. The second kappa shape index (κ2) is 6.31. The van der Waals surface area contributed by atoms with E-state index in [1.165, 1.54) is 29.9 Å². The van der Waals surface area contributed by atoms with Gasteiger partial charge in [0.2, 0.25) is 0 Å². The Labute approximate surface area is 131 Å². The number of aryl methyl sites for hydroxylation is 2. The van der Waals surface area contributed by atoms with Gasteiger partial charge in [-0.25, -0.2) is 0 Å². The van der Waals surface area contributed by atoms with Crippen LogP contribution in [0.3, 0.4) is 0 Å².